The van der Waals surface area contributed by atoms with E-state index in [0.29, 0.717) is 27.8 Å². The van der Waals surface area contributed by atoms with Crippen LogP contribution < -0.4 is 36.3 Å². The minimum Gasteiger partial charge on any atom is -0.426 e. The van der Waals surface area contributed by atoms with Gasteiger partial charge in [0.05, 0.1) is 24.0 Å². The summed E-state index contributed by atoms with van der Waals surface area (Å²) in [7, 11) is -1.31. The molecule has 5 N–H and O–H groups in total. The number of hydrogen-bond donors (Lipinski definition) is 3. The Morgan fingerprint density at radius 3 is 2.12 bits per heavy atom. The molecular formula is C34H31N5O7P2S3. The Hall–Kier alpha value is -4.52. The Kier molecular flexibility index (Phi) is 13.8. The molecule has 1 aliphatic rings. The minimum atomic E-state index is -1.31. The Morgan fingerprint density at radius 1 is 0.824 bits per heavy atom. The van der Waals surface area contributed by atoms with Gasteiger partial charge in [-0.3, -0.25) is 19.6 Å². The summed E-state index contributed by atoms with van der Waals surface area (Å²) in [6.07, 6.45) is 0.941. The maximum absolute atomic E-state index is 12.8. The van der Waals surface area contributed by atoms with Crippen LogP contribution in [0.25, 0.3) is 0 Å². The van der Waals surface area contributed by atoms with E-state index in [9.17, 15) is 23.9 Å². The molecule has 1 aromatic heterocycles. The molecule has 4 aromatic carbocycles. The number of carbonyl (C=O) groups is 2. The van der Waals surface area contributed by atoms with Gasteiger partial charge in [-0.05, 0) is 89.5 Å². The van der Waals surface area contributed by atoms with E-state index in [1.807, 2.05) is 46.3 Å². The van der Waals surface area contributed by atoms with Gasteiger partial charge in [0.1, 0.15) is 22.9 Å². The zero-order valence-corrected chi connectivity index (χ0v) is 30.9. The number of ether oxygens (including phenoxy) is 2. The highest BCUT2D eigenvalue weighted by molar-refractivity contribution is 9.37. The Morgan fingerprint density at radius 2 is 1.47 bits per heavy atom. The van der Waals surface area contributed by atoms with E-state index < -0.39 is 27.8 Å². The number of hydrogen-bond acceptors (Lipinski definition) is 12. The van der Waals surface area contributed by atoms with Crippen LogP contribution in [0.1, 0.15) is 23.2 Å². The van der Waals surface area contributed by atoms with E-state index in [1.54, 1.807) is 54.7 Å². The van der Waals surface area contributed by atoms with Crippen LogP contribution in [0.3, 0.4) is 0 Å². The zero-order chi connectivity index (χ0) is 36.2. The Labute approximate surface area is 306 Å². The fourth-order valence-electron chi connectivity index (χ4n) is 4.17. The third-order valence-corrected chi connectivity index (χ3v) is 26.6. The molecule has 0 saturated carbocycles. The Balaban J connectivity index is 0.000000262. The van der Waals surface area contributed by atoms with Crippen molar-refractivity contribution >= 4 is 85.4 Å². The van der Waals surface area contributed by atoms with E-state index >= 15 is 0 Å². The topological polar surface area (TPSA) is 190 Å². The monoisotopic (exact) mass is 779 g/mol. The first-order valence-corrected chi connectivity index (χ1v) is 23.0. The van der Waals surface area contributed by atoms with E-state index in [4.69, 9.17) is 20.9 Å². The predicted molar refractivity (Wildman–Crippen MR) is 209 cm³/mol. The lowest BCUT2D eigenvalue weighted by molar-refractivity contribution is -0.480. The smallest absolute Gasteiger partial charge is 0.347 e. The van der Waals surface area contributed by atoms with E-state index in [1.165, 1.54) is 28.8 Å². The summed E-state index contributed by atoms with van der Waals surface area (Å²) in [5, 5.41) is 13.0. The van der Waals surface area contributed by atoms with Gasteiger partial charge >= 0.3 is 11.9 Å². The van der Waals surface area contributed by atoms with Crippen LogP contribution in [-0.4, -0.2) is 32.6 Å². The first-order chi connectivity index (χ1) is 24.6. The highest BCUT2D eigenvalue weighted by Crippen LogP contribution is 2.95. The van der Waals surface area contributed by atoms with Crippen molar-refractivity contribution in [2.75, 3.05) is 22.7 Å². The molecule has 0 radical (unpaired) electrons. The molecule has 0 amide bonds. The lowest BCUT2D eigenvalue weighted by Crippen LogP contribution is -2.15. The number of pyridine rings is 1. The number of nitrogens with one attached hydrogen (secondary N) is 1. The SMILES string of the molecule is Nc1ccc(OC(=O)CCC[N+](=O)[O-])c(C(=O)Oc2ccc(P3SP(c4ccccc4)S3)cc2)c1.Nc1ccc(S(=O)Nc2ccccn2)cc1. The average molecular weight is 780 g/mol. The maximum Gasteiger partial charge on any atom is 0.347 e. The summed E-state index contributed by atoms with van der Waals surface area (Å²) in [4.78, 5) is 39.4. The molecule has 0 aliphatic carbocycles. The normalized spacial score (nSPS) is 15.2. The molecule has 17 heteroatoms. The molecular weight excluding hydrogens is 749 g/mol. The van der Waals surface area contributed by atoms with Crippen molar-refractivity contribution in [3.05, 3.63) is 137 Å². The lowest BCUT2D eigenvalue weighted by Gasteiger charge is -2.33. The van der Waals surface area contributed by atoms with Gasteiger partial charge < -0.3 is 20.9 Å². The zero-order valence-electron chi connectivity index (χ0n) is 26.7. The van der Waals surface area contributed by atoms with Gasteiger partial charge in [0.2, 0.25) is 6.54 Å². The van der Waals surface area contributed by atoms with Crippen LogP contribution in [0, 0.1) is 10.1 Å². The number of anilines is 3. The molecule has 1 unspecified atom stereocenters. The van der Waals surface area contributed by atoms with Gasteiger partial charge in [0, 0.05) is 28.9 Å². The van der Waals surface area contributed by atoms with Crippen molar-refractivity contribution < 1.29 is 28.2 Å². The first-order valence-electron chi connectivity index (χ1n) is 15.2. The summed E-state index contributed by atoms with van der Waals surface area (Å²) in [6.45, 7) is -0.338. The molecule has 262 valence electrons. The molecule has 0 bridgehead atoms. The second-order valence-electron chi connectivity index (χ2n) is 10.4. The predicted octanol–water partition coefficient (Wildman–Crippen LogP) is 7.30. The van der Waals surface area contributed by atoms with Gasteiger partial charge in [0.25, 0.3) is 0 Å². The molecule has 12 nitrogen and oxygen atoms in total. The molecule has 1 aliphatic heterocycles. The van der Waals surface area contributed by atoms with Crippen LogP contribution >= 0.6 is 34.7 Å². The second-order valence-corrected chi connectivity index (χ2v) is 23.7. The Bertz CT molecular complexity index is 1980. The molecule has 51 heavy (non-hydrogen) atoms. The van der Waals surface area contributed by atoms with Crippen LogP contribution in [-0.2, 0) is 15.8 Å². The summed E-state index contributed by atoms with van der Waals surface area (Å²) in [5.74, 6) is -0.461. The molecule has 1 atom stereocenters. The summed E-state index contributed by atoms with van der Waals surface area (Å²) in [6, 6.07) is 34.4. The molecule has 5 aromatic rings. The minimum absolute atomic E-state index is 0.000292. The van der Waals surface area contributed by atoms with Crippen LogP contribution in [0.15, 0.2) is 126 Å². The largest absolute Gasteiger partial charge is 0.426 e. The number of rotatable bonds is 12. The molecule has 2 heterocycles. The summed E-state index contributed by atoms with van der Waals surface area (Å²) in [5.41, 5.74) is 12.3. The van der Waals surface area contributed by atoms with E-state index in [-0.39, 0.29) is 43.3 Å². The van der Waals surface area contributed by atoms with Crippen molar-refractivity contribution in [3.63, 3.8) is 0 Å². The van der Waals surface area contributed by atoms with Gasteiger partial charge in [-0.15, -0.1) is 0 Å². The average Bonchev–Trinajstić information content (AvgIpc) is 3.10. The summed E-state index contributed by atoms with van der Waals surface area (Å²) >= 11 is 4.00. The number of nitrogens with two attached hydrogens (primary N) is 2. The maximum atomic E-state index is 12.8. The third kappa shape index (κ3) is 11.5. The molecule has 0 spiro atoms. The molecule has 1 fully saturated rings. The van der Waals surface area contributed by atoms with Crippen LogP contribution in [0.5, 0.6) is 11.5 Å². The number of benzene rings is 4. The van der Waals surface area contributed by atoms with Crippen LogP contribution in [0.2, 0.25) is 0 Å². The van der Waals surface area contributed by atoms with Gasteiger partial charge in [-0.1, -0.05) is 58.4 Å². The van der Waals surface area contributed by atoms with Crippen molar-refractivity contribution in [1.82, 2.24) is 4.98 Å². The summed E-state index contributed by atoms with van der Waals surface area (Å²) < 4.78 is 25.4. The number of nitro groups is 1. The van der Waals surface area contributed by atoms with Crippen molar-refractivity contribution in [2.45, 2.75) is 17.7 Å². The number of nitrogens with zero attached hydrogens (tertiary/aromatic N) is 2. The van der Waals surface area contributed by atoms with E-state index in [0.717, 1.165) is 0 Å². The van der Waals surface area contributed by atoms with Crippen molar-refractivity contribution in [2.24, 2.45) is 0 Å². The molecule has 1 saturated heterocycles. The second kappa shape index (κ2) is 18.6. The van der Waals surface area contributed by atoms with Crippen LogP contribution in [0.4, 0.5) is 17.2 Å². The fraction of sp³-hybridized carbons (Fsp3) is 0.0882. The van der Waals surface area contributed by atoms with Crippen molar-refractivity contribution in [1.29, 1.82) is 0 Å². The van der Waals surface area contributed by atoms with Gasteiger partial charge in [-0.2, -0.15) is 0 Å². The third-order valence-electron chi connectivity index (χ3n) is 6.65. The highest BCUT2D eigenvalue weighted by Gasteiger charge is 2.34. The fourth-order valence-corrected chi connectivity index (χ4v) is 21.2. The van der Waals surface area contributed by atoms with Crippen molar-refractivity contribution in [3.8, 4) is 11.5 Å². The van der Waals surface area contributed by atoms with E-state index in [2.05, 4.69) is 34.0 Å². The molecule has 6 rings (SSSR count). The first kappa shape index (κ1) is 37.7. The standard InChI is InChI=1S/C23H20N2O6P2S2.C11H11N3OS/c24-16-8-13-21(31-22(26)7-4-14-25(28)29)20(15-16)23(27)30-17-9-11-19(12-10-17)33-34-32(35-33)18-5-2-1-3-6-18;12-9-4-6-10(7-5-9)16(15)14-11-3-1-2-8-13-11/h1-3,5-6,8-13,15H,4,7,14,24H2;1-8H,12H2,(H,13,14). The number of nitrogen functional groups attached to an aromatic ring is 2. The lowest BCUT2D eigenvalue weighted by atomic mass is 10.1. The number of esters is 2. The number of aromatic nitrogens is 1. The number of carbonyl (C=O) groups excluding carboxylic acids is 2. The highest BCUT2D eigenvalue weighted by atomic mass is 33.6. The van der Waals surface area contributed by atoms with Gasteiger partial charge in [0.15, 0.2) is 11.0 Å². The quantitative estimate of drug-likeness (QED) is 0.0287. The van der Waals surface area contributed by atoms with Gasteiger partial charge in [-0.25, -0.2) is 14.0 Å².